The van der Waals surface area contributed by atoms with Gasteiger partial charge in [0.15, 0.2) is 0 Å². The first-order valence-electron chi connectivity index (χ1n) is 7.71. The highest BCUT2D eigenvalue weighted by Crippen LogP contribution is 2.52. The van der Waals surface area contributed by atoms with Crippen molar-refractivity contribution in [3.05, 3.63) is 39.9 Å². The van der Waals surface area contributed by atoms with E-state index in [0.717, 1.165) is 0 Å². The molecule has 0 fully saturated rings. The molecular formula is C16H19N3O6. The maximum Gasteiger partial charge on any atom is 0.314 e. The third-order valence-electron chi connectivity index (χ3n) is 5.01. The number of aliphatic imine (C=N–C) groups is 1. The van der Waals surface area contributed by atoms with Crippen molar-refractivity contribution in [1.82, 2.24) is 0 Å². The molecule has 1 heterocycles. The molecule has 2 rings (SSSR count). The number of carboxylic acids is 2. The Bertz CT molecular complexity index is 762. The van der Waals surface area contributed by atoms with Crippen molar-refractivity contribution in [2.45, 2.75) is 32.2 Å². The van der Waals surface area contributed by atoms with Crippen LogP contribution in [0.15, 0.2) is 29.3 Å². The summed E-state index contributed by atoms with van der Waals surface area (Å²) in [6.45, 7) is 3.13. The van der Waals surface area contributed by atoms with Gasteiger partial charge >= 0.3 is 11.9 Å². The van der Waals surface area contributed by atoms with Crippen LogP contribution in [0, 0.1) is 21.4 Å². The summed E-state index contributed by atoms with van der Waals surface area (Å²) in [4.78, 5) is 38.8. The maximum atomic E-state index is 12.2. The molecule has 1 aromatic rings. The predicted molar refractivity (Wildman–Crippen MR) is 88.4 cm³/mol. The maximum absolute atomic E-state index is 12.2. The Kier molecular flexibility index (Phi) is 4.78. The molecule has 25 heavy (non-hydrogen) atoms. The molecule has 0 aromatic heterocycles. The van der Waals surface area contributed by atoms with E-state index in [1.807, 2.05) is 0 Å². The predicted octanol–water partition coefficient (Wildman–Crippen LogP) is 1.62. The molecule has 134 valence electrons. The number of aliphatic carboxylic acids is 2. The van der Waals surface area contributed by atoms with Gasteiger partial charge in [-0.05, 0) is 13.3 Å². The van der Waals surface area contributed by atoms with Crippen LogP contribution in [-0.4, -0.2) is 39.0 Å². The zero-order chi connectivity index (χ0) is 18.9. The number of hydrogen-bond acceptors (Lipinski definition) is 6. The van der Waals surface area contributed by atoms with E-state index in [2.05, 4.69) is 4.99 Å². The number of amidine groups is 1. The Hall–Kier alpha value is -2.97. The Morgan fingerprint density at radius 1 is 1.36 bits per heavy atom. The number of nitrogens with zero attached hydrogens (tertiary/aromatic N) is 2. The van der Waals surface area contributed by atoms with E-state index in [-0.39, 0.29) is 23.5 Å². The zero-order valence-corrected chi connectivity index (χ0v) is 13.7. The van der Waals surface area contributed by atoms with E-state index in [0.29, 0.717) is 0 Å². The number of carboxylic acid groups (broad SMARTS) is 2. The Balaban J connectivity index is 2.87. The van der Waals surface area contributed by atoms with Crippen LogP contribution in [0.5, 0.6) is 0 Å². The van der Waals surface area contributed by atoms with Crippen LogP contribution in [0.2, 0.25) is 0 Å². The van der Waals surface area contributed by atoms with Gasteiger partial charge in [0, 0.05) is 17.5 Å². The van der Waals surface area contributed by atoms with Crippen molar-refractivity contribution in [2.75, 3.05) is 0 Å². The molecule has 1 aliphatic rings. The number of carbonyl (C=O) groups is 2. The monoisotopic (exact) mass is 349 g/mol. The van der Waals surface area contributed by atoms with Crippen molar-refractivity contribution in [3.63, 3.8) is 0 Å². The average molecular weight is 349 g/mol. The third-order valence-corrected chi connectivity index (χ3v) is 5.01. The highest BCUT2D eigenvalue weighted by Gasteiger charge is 2.59. The number of hydrogen-bond donors (Lipinski definition) is 3. The molecule has 0 saturated carbocycles. The number of para-hydroxylation sites is 1. The molecular weight excluding hydrogens is 330 g/mol. The van der Waals surface area contributed by atoms with E-state index >= 15 is 0 Å². The molecule has 4 unspecified atom stereocenters. The standard InChI is InChI=1S/C16H19N3O6/c1-3-16(15(22)23)8(2)18-13(17)11(14(20)21)12(16)9-6-4-5-7-10(9)19(24)25/h4-8,11-12H,3H2,1-2H3,(H2,17,18)(H,20,21)(H,22,23). The van der Waals surface area contributed by atoms with Gasteiger partial charge in [-0.2, -0.15) is 0 Å². The Morgan fingerprint density at radius 3 is 2.44 bits per heavy atom. The van der Waals surface area contributed by atoms with Crippen LogP contribution in [0.4, 0.5) is 5.69 Å². The van der Waals surface area contributed by atoms with Gasteiger partial charge in [-0.3, -0.25) is 24.7 Å². The first-order valence-corrected chi connectivity index (χ1v) is 7.71. The largest absolute Gasteiger partial charge is 0.481 e. The van der Waals surface area contributed by atoms with E-state index in [9.17, 15) is 29.9 Å². The molecule has 9 nitrogen and oxygen atoms in total. The van der Waals surface area contributed by atoms with Gasteiger partial charge in [-0.1, -0.05) is 25.1 Å². The van der Waals surface area contributed by atoms with Crippen molar-refractivity contribution < 1.29 is 24.7 Å². The van der Waals surface area contributed by atoms with Crippen molar-refractivity contribution in [2.24, 2.45) is 22.1 Å². The molecule has 0 bridgehead atoms. The van der Waals surface area contributed by atoms with Crippen LogP contribution in [-0.2, 0) is 9.59 Å². The minimum Gasteiger partial charge on any atom is -0.481 e. The highest BCUT2D eigenvalue weighted by atomic mass is 16.6. The lowest BCUT2D eigenvalue weighted by molar-refractivity contribution is -0.386. The van der Waals surface area contributed by atoms with Gasteiger partial charge in [0.1, 0.15) is 11.8 Å². The van der Waals surface area contributed by atoms with Crippen LogP contribution < -0.4 is 5.73 Å². The van der Waals surface area contributed by atoms with Gasteiger partial charge in [-0.25, -0.2) is 0 Å². The molecule has 0 saturated heterocycles. The fraction of sp³-hybridized carbons (Fsp3) is 0.438. The van der Waals surface area contributed by atoms with Crippen LogP contribution in [0.1, 0.15) is 31.7 Å². The summed E-state index contributed by atoms with van der Waals surface area (Å²) in [5.74, 6) is -5.54. The van der Waals surface area contributed by atoms with Gasteiger partial charge in [0.2, 0.25) is 0 Å². The molecule has 0 amide bonds. The highest BCUT2D eigenvalue weighted by molar-refractivity contribution is 6.02. The van der Waals surface area contributed by atoms with E-state index in [4.69, 9.17) is 5.73 Å². The van der Waals surface area contributed by atoms with E-state index in [1.165, 1.54) is 31.2 Å². The minimum absolute atomic E-state index is 0.0360. The van der Waals surface area contributed by atoms with Gasteiger partial charge in [-0.15, -0.1) is 0 Å². The van der Waals surface area contributed by atoms with Gasteiger partial charge in [0.05, 0.1) is 16.4 Å². The Morgan fingerprint density at radius 2 is 1.96 bits per heavy atom. The summed E-state index contributed by atoms with van der Waals surface area (Å²) in [6.07, 6.45) is 0.0424. The van der Waals surface area contributed by atoms with Crippen molar-refractivity contribution >= 4 is 23.5 Å². The fourth-order valence-electron chi connectivity index (χ4n) is 3.77. The first-order chi connectivity index (χ1) is 11.7. The molecule has 0 radical (unpaired) electrons. The SMILES string of the molecule is CCC1(C(=O)O)C(C)N=C(N)C(C(=O)O)C1c1ccccc1[N+](=O)[O-]. The third kappa shape index (κ3) is 2.71. The molecule has 0 spiro atoms. The topological polar surface area (TPSA) is 156 Å². The van der Waals surface area contributed by atoms with Crippen molar-refractivity contribution in [1.29, 1.82) is 0 Å². The van der Waals surface area contributed by atoms with Gasteiger partial charge in [0.25, 0.3) is 5.69 Å². The number of nitro groups is 1. The number of nitrogens with two attached hydrogens (primary N) is 1. The summed E-state index contributed by atoms with van der Waals surface area (Å²) < 4.78 is 0. The summed E-state index contributed by atoms with van der Waals surface area (Å²) in [5.41, 5.74) is 3.88. The molecule has 4 atom stereocenters. The lowest BCUT2D eigenvalue weighted by atomic mass is 9.59. The molecule has 4 N–H and O–H groups in total. The Labute approximate surface area is 143 Å². The zero-order valence-electron chi connectivity index (χ0n) is 13.7. The van der Waals surface area contributed by atoms with Crippen LogP contribution in [0.3, 0.4) is 0 Å². The molecule has 0 aliphatic carbocycles. The number of benzene rings is 1. The quantitative estimate of drug-likeness (QED) is 0.538. The minimum atomic E-state index is -1.63. The van der Waals surface area contributed by atoms with E-state index < -0.39 is 40.2 Å². The molecule has 1 aliphatic heterocycles. The average Bonchev–Trinajstić information content (AvgIpc) is 2.53. The second kappa shape index (κ2) is 6.50. The first kappa shape index (κ1) is 18.4. The van der Waals surface area contributed by atoms with Gasteiger partial charge < -0.3 is 15.9 Å². The second-order valence-electron chi connectivity index (χ2n) is 6.04. The second-order valence-corrected chi connectivity index (χ2v) is 6.04. The van der Waals surface area contributed by atoms with E-state index in [1.54, 1.807) is 6.92 Å². The smallest absolute Gasteiger partial charge is 0.314 e. The lowest BCUT2D eigenvalue weighted by Crippen LogP contribution is -2.55. The van der Waals surface area contributed by atoms with Crippen LogP contribution in [0.25, 0.3) is 0 Å². The normalized spacial score (nSPS) is 28.9. The lowest BCUT2D eigenvalue weighted by Gasteiger charge is -2.45. The summed E-state index contributed by atoms with van der Waals surface area (Å²) in [7, 11) is 0. The fourth-order valence-corrected chi connectivity index (χ4v) is 3.77. The summed E-state index contributed by atoms with van der Waals surface area (Å²) in [5, 5.41) is 31.0. The van der Waals surface area contributed by atoms with Crippen LogP contribution >= 0.6 is 0 Å². The summed E-state index contributed by atoms with van der Waals surface area (Å²) in [6, 6.07) is 4.72. The summed E-state index contributed by atoms with van der Waals surface area (Å²) >= 11 is 0. The number of rotatable bonds is 5. The molecule has 9 heteroatoms. The molecule has 1 aromatic carbocycles. The van der Waals surface area contributed by atoms with Crippen molar-refractivity contribution in [3.8, 4) is 0 Å². The number of nitro benzene ring substituents is 1.